The van der Waals surface area contributed by atoms with E-state index in [0.717, 1.165) is 29.3 Å². The van der Waals surface area contributed by atoms with Gasteiger partial charge in [0.2, 0.25) is 5.91 Å². The van der Waals surface area contributed by atoms with Gasteiger partial charge < -0.3 is 5.32 Å². The zero-order valence-electron chi connectivity index (χ0n) is 19.3. The number of pyridine rings is 1. The lowest BCUT2D eigenvalue weighted by Gasteiger charge is -2.17. The van der Waals surface area contributed by atoms with Gasteiger partial charge in [0, 0.05) is 29.9 Å². The summed E-state index contributed by atoms with van der Waals surface area (Å²) in [5.41, 5.74) is 4.43. The van der Waals surface area contributed by atoms with Crippen molar-refractivity contribution >= 4 is 28.9 Å². The van der Waals surface area contributed by atoms with Crippen molar-refractivity contribution in [3.63, 3.8) is 0 Å². The molecular formula is C26H24F2N4O2. The quantitative estimate of drug-likeness (QED) is 0.512. The first-order valence-corrected chi connectivity index (χ1v) is 10.8. The van der Waals surface area contributed by atoms with Crippen LogP contribution in [0.3, 0.4) is 0 Å². The molecule has 2 heterocycles. The van der Waals surface area contributed by atoms with Gasteiger partial charge in [0.25, 0.3) is 11.8 Å². The number of aryl methyl sites for hydroxylation is 2. The lowest BCUT2D eigenvalue weighted by molar-refractivity contribution is -0.127. The Balaban J connectivity index is 1.59. The molecule has 34 heavy (non-hydrogen) atoms. The van der Waals surface area contributed by atoms with Crippen LogP contribution in [0.2, 0.25) is 0 Å². The van der Waals surface area contributed by atoms with E-state index in [1.165, 1.54) is 29.3 Å². The first-order chi connectivity index (χ1) is 16.1. The van der Waals surface area contributed by atoms with Gasteiger partial charge in [-0.3, -0.25) is 14.6 Å². The van der Waals surface area contributed by atoms with Crippen molar-refractivity contribution in [2.75, 3.05) is 10.3 Å². The number of carbonyl (C=O) groups is 2. The summed E-state index contributed by atoms with van der Waals surface area (Å²) >= 11 is 0. The second-order valence-corrected chi connectivity index (χ2v) is 8.45. The molecule has 1 aromatic heterocycles. The van der Waals surface area contributed by atoms with Gasteiger partial charge in [0.15, 0.2) is 5.92 Å². The maximum Gasteiger partial charge on any atom is 0.270 e. The van der Waals surface area contributed by atoms with Crippen molar-refractivity contribution in [1.29, 1.82) is 0 Å². The first-order valence-electron chi connectivity index (χ1n) is 10.8. The van der Waals surface area contributed by atoms with E-state index in [0.29, 0.717) is 11.4 Å². The minimum atomic E-state index is -3.05. The van der Waals surface area contributed by atoms with E-state index in [2.05, 4.69) is 15.4 Å². The van der Waals surface area contributed by atoms with E-state index in [-0.39, 0.29) is 11.3 Å². The molecule has 0 radical (unpaired) electrons. The minimum absolute atomic E-state index is 0.186. The molecule has 0 fully saturated rings. The molecule has 0 saturated heterocycles. The molecule has 2 aromatic carbocycles. The van der Waals surface area contributed by atoms with Crippen LogP contribution in [0, 0.1) is 19.8 Å². The minimum Gasteiger partial charge on any atom is -0.325 e. The molecule has 0 saturated carbocycles. The molecule has 1 N–H and O–H groups in total. The molecule has 6 nitrogen and oxygen atoms in total. The largest absolute Gasteiger partial charge is 0.325 e. The molecule has 3 aromatic rings. The van der Waals surface area contributed by atoms with Gasteiger partial charge >= 0.3 is 0 Å². The van der Waals surface area contributed by atoms with Crippen molar-refractivity contribution < 1.29 is 18.4 Å². The van der Waals surface area contributed by atoms with Crippen LogP contribution in [0.25, 0.3) is 11.3 Å². The SMILES string of the molecule is CC1=NN(c2ccc(C)c(-c3ncccc3C)c2)C(=O)C1C(=O)Nc1cccc(C(C)(F)F)c1. The number of aromatic nitrogens is 1. The van der Waals surface area contributed by atoms with Gasteiger partial charge in [-0.25, -0.2) is 8.78 Å². The highest BCUT2D eigenvalue weighted by atomic mass is 19.3. The second kappa shape index (κ2) is 8.78. The Morgan fingerprint density at radius 3 is 2.50 bits per heavy atom. The van der Waals surface area contributed by atoms with Gasteiger partial charge in [0.1, 0.15) is 0 Å². The van der Waals surface area contributed by atoms with Gasteiger partial charge in [-0.1, -0.05) is 24.3 Å². The Morgan fingerprint density at radius 2 is 1.79 bits per heavy atom. The number of nitrogens with zero attached hydrogens (tertiary/aromatic N) is 3. The van der Waals surface area contributed by atoms with E-state index in [4.69, 9.17) is 0 Å². The summed E-state index contributed by atoms with van der Waals surface area (Å²) in [6, 6.07) is 14.7. The molecule has 1 atom stereocenters. The maximum absolute atomic E-state index is 13.6. The van der Waals surface area contributed by atoms with E-state index in [1.54, 1.807) is 19.2 Å². The number of halogens is 2. The molecule has 1 aliphatic rings. The zero-order valence-corrected chi connectivity index (χ0v) is 19.3. The summed E-state index contributed by atoms with van der Waals surface area (Å²) in [4.78, 5) is 30.6. The van der Waals surface area contributed by atoms with Crippen LogP contribution in [-0.2, 0) is 15.5 Å². The van der Waals surface area contributed by atoms with E-state index in [9.17, 15) is 18.4 Å². The van der Waals surface area contributed by atoms with Crippen molar-refractivity contribution in [2.45, 2.75) is 33.6 Å². The van der Waals surface area contributed by atoms with Crippen molar-refractivity contribution in [1.82, 2.24) is 4.98 Å². The zero-order chi connectivity index (χ0) is 24.6. The predicted molar refractivity (Wildman–Crippen MR) is 128 cm³/mol. The third-order valence-corrected chi connectivity index (χ3v) is 5.76. The number of carbonyl (C=O) groups excluding carboxylic acids is 2. The fourth-order valence-corrected chi connectivity index (χ4v) is 3.90. The van der Waals surface area contributed by atoms with Crippen LogP contribution < -0.4 is 10.3 Å². The monoisotopic (exact) mass is 462 g/mol. The Hall–Kier alpha value is -3.94. The number of amides is 2. The molecule has 2 amide bonds. The summed E-state index contributed by atoms with van der Waals surface area (Å²) in [7, 11) is 0. The maximum atomic E-state index is 13.6. The van der Waals surface area contributed by atoms with E-state index < -0.39 is 23.7 Å². The lowest BCUT2D eigenvalue weighted by atomic mass is 10.00. The summed E-state index contributed by atoms with van der Waals surface area (Å²) in [6.07, 6.45) is 1.71. The summed E-state index contributed by atoms with van der Waals surface area (Å²) in [5.74, 6) is -5.35. The molecule has 0 bridgehead atoms. The highest BCUT2D eigenvalue weighted by Gasteiger charge is 2.40. The van der Waals surface area contributed by atoms with Crippen LogP contribution in [-0.4, -0.2) is 22.5 Å². The van der Waals surface area contributed by atoms with Crippen LogP contribution >= 0.6 is 0 Å². The van der Waals surface area contributed by atoms with Gasteiger partial charge in [-0.15, -0.1) is 0 Å². The topological polar surface area (TPSA) is 74.7 Å². The molecule has 0 aliphatic carbocycles. The van der Waals surface area contributed by atoms with Crippen LogP contribution in [0.1, 0.15) is 30.5 Å². The number of nitrogens with one attached hydrogen (secondary N) is 1. The normalized spacial score (nSPS) is 15.9. The summed E-state index contributed by atoms with van der Waals surface area (Å²) < 4.78 is 27.3. The van der Waals surface area contributed by atoms with Crippen LogP contribution in [0.5, 0.6) is 0 Å². The highest BCUT2D eigenvalue weighted by Crippen LogP contribution is 2.32. The molecule has 1 aliphatic heterocycles. The smallest absolute Gasteiger partial charge is 0.270 e. The Labute approximate surface area is 196 Å². The molecular weight excluding hydrogens is 438 g/mol. The third-order valence-electron chi connectivity index (χ3n) is 5.76. The van der Waals surface area contributed by atoms with Crippen molar-refractivity contribution in [3.8, 4) is 11.3 Å². The number of alkyl halides is 2. The predicted octanol–water partition coefficient (Wildman–Crippen LogP) is 5.45. The van der Waals surface area contributed by atoms with Crippen LogP contribution in [0.4, 0.5) is 20.2 Å². The summed E-state index contributed by atoms with van der Waals surface area (Å²) in [6.45, 7) is 6.29. The molecule has 1 unspecified atom stereocenters. The van der Waals surface area contributed by atoms with Crippen molar-refractivity contribution in [3.05, 3.63) is 77.5 Å². The van der Waals surface area contributed by atoms with Crippen molar-refractivity contribution in [2.24, 2.45) is 11.0 Å². The molecule has 0 spiro atoms. The number of benzene rings is 2. The van der Waals surface area contributed by atoms with Crippen LogP contribution in [0.15, 0.2) is 65.9 Å². The number of anilines is 2. The van der Waals surface area contributed by atoms with Gasteiger partial charge in [0.05, 0.1) is 17.1 Å². The van der Waals surface area contributed by atoms with E-state index in [1.807, 2.05) is 38.1 Å². The fraction of sp³-hybridized carbons (Fsp3) is 0.231. The number of hydrazone groups is 1. The Bertz CT molecular complexity index is 1310. The molecule has 4 rings (SSSR count). The standard InChI is InChI=1S/C26H24F2N4O2/c1-15-10-11-20(14-21(15)23-16(2)7-6-12-29-23)32-25(34)22(17(3)31-32)24(33)30-19-9-5-8-18(13-19)26(4,27)28/h5-14,22H,1-4H3,(H,30,33). The number of hydrogen-bond donors (Lipinski definition) is 1. The van der Waals surface area contributed by atoms with Gasteiger partial charge in [-0.2, -0.15) is 10.1 Å². The van der Waals surface area contributed by atoms with E-state index >= 15 is 0 Å². The fourth-order valence-electron chi connectivity index (χ4n) is 3.90. The lowest BCUT2D eigenvalue weighted by Crippen LogP contribution is -2.36. The highest BCUT2D eigenvalue weighted by molar-refractivity contribution is 6.28. The third kappa shape index (κ3) is 4.44. The molecule has 8 heteroatoms. The average molecular weight is 463 g/mol. The summed E-state index contributed by atoms with van der Waals surface area (Å²) in [5, 5.41) is 8.10. The second-order valence-electron chi connectivity index (χ2n) is 8.45. The first kappa shape index (κ1) is 23.2. The number of rotatable bonds is 5. The molecule has 174 valence electrons. The average Bonchev–Trinajstić information content (AvgIpc) is 3.08. The Kier molecular flexibility index (Phi) is 6.00. The van der Waals surface area contributed by atoms with Gasteiger partial charge in [-0.05, 0) is 62.2 Å². The number of hydrogen-bond acceptors (Lipinski definition) is 4. The Morgan fingerprint density at radius 1 is 1.03 bits per heavy atom.